The third kappa shape index (κ3) is 2.39. The molecule has 3 rings (SSSR count). The number of fused-ring (bicyclic) bond motifs is 1. The molecule has 0 aromatic carbocycles. The van der Waals surface area contributed by atoms with Gasteiger partial charge in [0.2, 0.25) is 0 Å². The second-order valence-corrected chi connectivity index (χ2v) is 5.53. The van der Waals surface area contributed by atoms with Gasteiger partial charge in [-0.05, 0) is 55.5 Å². The first-order chi connectivity index (χ1) is 9.28. The standard InChI is InChI=1S/C14H16N4S/c1-10-7-13(19-9-10)12-8-16-14-5-4-11(3-2-6-15)17-18(12)14/h4-5,7-9H,2-3,6,15H2,1H3. The third-order valence-corrected chi connectivity index (χ3v) is 4.11. The Morgan fingerprint density at radius 2 is 2.26 bits per heavy atom. The molecule has 0 saturated carbocycles. The van der Waals surface area contributed by atoms with Gasteiger partial charge in [-0.15, -0.1) is 11.3 Å². The second kappa shape index (κ2) is 5.11. The van der Waals surface area contributed by atoms with E-state index in [4.69, 9.17) is 5.73 Å². The van der Waals surface area contributed by atoms with Crippen molar-refractivity contribution in [2.75, 3.05) is 6.54 Å². The predicted molar refractivity (Wildman–Crippen MR) is 78.4 cm³/mol. The molecule has 0 aliphatic carbocycles. The topological polar surface area (TPSA) is 56.2 Å². The Morgan fingerprint density at radius 3 is 3.00 bits per heavy atom. The number of nitrogens with two attached hydrogens (primary N) is 1. The van der Waals surface area contributed by atoms with Crippen molar-refractivity contribution in [2.45, 2.75) is 19.8 Å². The molecule has 98 valence electrons. The Hall–Kier alpha value is -1.72. The van der Waals surface area contributed by atoms with Gasteiger partial charge in [0.15, 0.2) is 5.65 Å². The van der Waals surface area contributed by atoms with E-state index in [0.717, 1.165) is 29.9 Å². The molecular formula is C14H16N4S. The lowest BCUT2D eigenvalue weighted by molar-refractivity contribution is 0.774. The van der Waals surface area contributed by atoms with Crippen LogP contribution in [0.1, 0.15) is 17.7 Å². The van der Waals surface area contributed by atoms with Crippen molar-refractivity contribution in [2.24, 2.45) is 5.73 Å². The molecule has 0 atom stereocenters. The molecule has 0 aliphatic rings. The summed E-state index contributed by atoms with van der Waals surface area (Å²) in [5.41, 5.74) is 9.83. The smallest absolute Gasteiger partial charge is 0.154 e. The summed E-state index contributed by atoms with van der Waals surface area (Å²) in [4.78, 5) is 5.61. The minimum absolute atomic E-state index is 0.695. The summed E-state index contributed by atoms with van der Waals surface area (Å²) < 4.78 is 1.93. The molecule has 0 radical (unpaired) electrons. The van der Waals surface area contributed by atoms with Crippen molar-refractivity contribution in [1.82, 2.24) is 14.6 Å². The van der Waals surface area contributed by atoms with Crippen molar-refractivity contribution in [3.63, 3.8) is 0 Å². The summed E-state index contributed by atoms with van der Waals surface area (Å²) in [5.74, 6) is 0. The van der Waals surface area contributed by atoms with Crippen LogP contribution in [0.2, 0.25) is 0 Å². The number of aromatic nitrogens is 3. The van der Waals surface area contributed by atoms with Gasteiger partial charge in [0.1, 0.15) is 5.69 Å². The van der Waals surface area contributed by atoms with Crippen molar-refractivity contribution in [3.05, 3.63) is 41.0 Å². The van der Waals surface area contributed by atoms with Crippen molar-refractivity contribution >= 4 is 17.0 Å². The van der Waals surface area contributed by atoms with Crippen molar-refractivity contribution in [3.8, 4) is 10.6 Å². The van der Waals surface area contributed by atoms with Crippen molar-refractivity contribution < 1.29 is 0 Å². The van der Waals surface area contributed by atoms with Crippen LogP contribution in [-0.4, -0.2) is 21.1 Å². The zero-order chi connectivity index (χ0) is 13.2. The fraction of sp³-hybridized carbons (Fsp3) is 0.286. The molecular weight excluding hydrogens is 256 g/mol. The van der Waals surface area contributed by atoms with Gasteiger partial charge in [-0.25, -0.2) is 9.50 Å². The minimum Gasteiger partial charge on any atom is -0.330 e. The number of rotatable bonds is 4. The molecule has 0 bridgehead atoms. The fourth-order valence-corrected chi connectivity index (χ4v) is 2.96. The number of hydrogen-bond donors (Lipinski definition) is 1. The van der Waals surface area contributed by atoms with Gasteiger partial charge >= 0.3 is 0 Å². The molecule has 0 unspecified atom stereocenters. The molecule has 0 aliphatic heterocycles. The number of imidazole rings is 1. The Kier molecular flexibility index (Phi) is 3.31. The Balaban J connectivity index is 2.05. The van der Waals surface area contributed by atoms with Gasteiger partial charge < -0.3 is 5.73 Å². The zero-order valence-corrected chi connectivity index (χ0v) is 11.7. The Bertz CT molecular complexity index is 698. The first-order valence-corrected chi connectivity index (χ1v) is 7.25. The number of hydrogen-bond acceptors (Lipinski definition) is 4. The minimum atomic E-state index is 0.695. The summed E-state index contributed by atoms with van der Waals surface area (Å²) in [7, 11) is 0. The molecule has 0 saturated heterocycles. The van der Waals surface area contributed by atoms with E-state index in [9.17, 15) is 0 Å². The molecule has 0 amide bonds. The van der Waals surface area contributed by atoms with Crippen LogP contribution in [-0.2, 0) is 6.42 Å². The summed E-state index contributed by atoms with van der Waals surface area (Å²) in [6, 6.07) is 6.21. The SMILES string of the molecule is Cc1csc(-c2cnc3ccc(CCCN)nn23)c1. The lowest BCUT2D eigenvalue weighted by atomic mass is 10.2. The van der Waals surface area contributed by atoms with Gasteiger partial charge in [-0.2, -0.15) is 5.10 Å². The third-order valence-electron chi connectivity index (χ3n) is 3.04. The molecule has 4 nitrogen and oxygen atoms in total. The van der Waals surface area contributed by atoms with Crippen LogP contribution in [0.5, 0.6) is 0 Å². The van der Waals surface area contributed by atoms with Gasteiger partial charge in [0, 0.05) is 0 Å². The Labute approximate surface area is 115 Å². The van der Waals surface area contributed by atoms with Gasteiger partial charge in [0.05, 0.1) is 16.8 Å². The quantitative estimate of drug-likeness (QED) is 0.794. The largest absolute Gasteiger partial charge is 0.330 e. The number of thiophene rings is 1. The second-order valence-electron chi connectivity index (χ2n) is 4.62. The van der Waals surface area contributed by atoms with E-state index in [1.807, 2.05) is 22.8 Å². The molecule has 2 N–H and O–H groups in total. The highest BCUT2D eigenvalue weighted by molar-refractivity contribution is 7.13. The summed E-state index contributed by atoms with van der Waals surface area (Å²) in [5, 5.41) is 6.81. The fourth-order valence-electron chi connectivity index (χ4n) is 2.06. The lowest BCUT2D eigenvalue weighted by Gasteiger charge is -2.02. The van der Waals surface area contributed by atoms with Crippen LogP contribution >= 0.6 is 11.3 Å². The predicted octanol–water partition coefficient (Wildman–Crippen LogP) is 2.66. The van der Waals surface area contributed by atoms with E-state index >= 15 is 0 Å². The Morgan fingerprint density at radius 1 is 1.37 bits per heavy atom. The van der Waals surface area contributed by atoms with Gasteiger partial charge in [0.25, 0.3) is 0 Å². The maximum atomic E-state index is 5.55. The molecule has 0 spiro atoms. The van der Waals surface area contributed by atoms with E-state index in [1.54, 1.807) is 11.3 Å². The van der Waals surface area contributed by atoms with E-state index in [-0.39, 0.29) is 0 Å². The molecule has 3 aromatic heterocycles. The van der Waals surface area contributed by atoms with Crippen LogP contribution in [0, 0.1) is 6.92 Å². The highest BCUT2D eigenvalue weighted by Gasteiger charge is 2.09. The normalized spacial score (nSPS) is 11.3. The van der Waals surface area contributed by atoms with Crippen LogP contribution in [0.3, 0.4) is 0 Å². The summed E-state index contributed by atoms with van der Waals surface area (Å²) in [6.45, 7) is 2.80. The van der Waals surface area contributed by atoms with E-state index in [0.29, 0.717) is 6.54 Å². The molecule has 3 aromatic rings. The number of nitrogens with zero attached hydrogens (tertiary/aromatic N) is 3. The van der Waals surface area contributed by atoms with E-state index in [2.05, 4.69) is 28.5 Å². The van der Waals surface area contributed by atoms with E-state index < -0.39 is 0 Å². The van der Waals surface area contributed by atoms with Crippen LogP contribution in [0.25, 0.3) is 16.2 Å². The molecule has 0 fully saturated rings. The number of aryl methyl sites for hydroxylation is 2. The zero-order valence-electron chi connectivity index (χ0n) is 10.8. The molecule has 5 heteroatoms. The maximum Gasteiger partial charge on any atom is 0.154 e. The summed E-state index contributed by atoms with van der Waals surface area (Å²) in [6.07, 6.45) is 3.76. The lowest BCUT2D eigenvalue weighted by Crippen LogP contribution is -2.04. The van der Waals surface area contributed by atoms with Crippen LogP contribution in [0.4, 0.5) is 0 Å². The highest BCUT2D eigenvalue weighted by atomic mass is 32.1. The van der Waals surface area contributed by atoms with Crippen LogP contribution in [0.15, 0.2) is 29.8 Å². The average molecular weight is 272 g/mol. The molecule has 3 heterocycles. The van der Waals surface area contributed by atoms with Gasteiger partial charge in [-0.3, -0.25) is 0 Å². The maximum absolute atomic E-state index is 5.55. The highest BCUT2D eigenvalue weighted by Crippen LogP contribution is 2.27. The van der Waals surface area contributed by atoms with E-state index in [1.165, 1.54) is 10.4 Å². The monoisotopic (exact) mass is 272 g/mol. The average Bonchev–Trinajstić information content (AvgIpc) is 3.01. The summed E-state index contributed by atoms with van der Waals surface area (Å²) >= 11 is 1.72. The van der Waals surface area contributed by atoms with Gasteiger partial charge in [-0.1, -0.05) is 0 Å². The first kappa shape index (κ1) is 12.3. The van der Waals surface area contributed by atoms with Crippen molar-refractivity contribution in [1.29, 1.82) is 0 Å². The van der Waals surface area contributed by atoms with Crippen LogP contribution < -0.4 is 5.73 Å². The first-order valence-electron chi connectivity index (χ1n) is 6.37. The molecule has 19 heavy (non-hydrogen) atoms.